The molecule has 0 bridgehead atoms. The molecule has 0 aliphatic heterocycles. The van der Waals surface area contributed by atoms with Crippen molar-refractivity contribution >= 4 is 11.9 Å². The van der Waals surface area contributed by atoms with E-state index in [0.29, 0.717) is 0 Å². The number of nitrogens with two attached hydrogens (primary N) is 1. The van der Waals surface area contributed by atoms with Crippen LogP contribution in [-0.4, -0.2) is 30.7 Å². The first-order valence-electron chi connectivity index (χ1n) is 3.84. The molecular weight excluding hydrogens is 174 g/mol. The SMILES string of the molecule is COC(=O)C(N)C(=O)OC(C)(C)C. The normalized spacial score (nSPS) is 13.3. The van der Waals surface area contributed by atoms with Gasteiger partial charge in [0.15, 0.2) is 0 Å². The molecule has 0 spiro atoms. The molecule has 0 radical (unpaired) electrons. The van der Waals surface area contributed by atoms with Crippen molar-refractivity contribution in [2.24, 2.45) is 5.73 Å². The van der Waals surface area contributed by atoms with Crippen molar-refractivity contribution in [3.8, 4) is 0 Å². The summed E-state index contributed by atoms with van der Waals surface area (Å²) in [6.07, 6.45) is 0. The minimum absolute atomic E-state index is 0.650. The van der Waals surface area contributed by atoms with Gasteiger partial charge in [-0.1, -0.05) is 0 Å². The van der Waals surface area contributed by atoms with Crippen LogP contribution in [0.2, 0.25) is 0 Å². The molecule has 0 aromatic heterocycles. The molecule has 0 saturated carbocycles. The highest BCUT2D eigenvalue weighted by molar-refractivity contribution is 5.98. The van der Waals surface area contributed by atoms with Crippen LogP contribution >= 0.6 is 0 Å². The summed E-state index contributed by atoms with van der Waals surface area (Å²) in [7, 11) is 1.16. The molecule has 2 N–H and O–H groups in total. The van der Waals surface area contributed by atoms with E-state index in [0.717, 1.165) is 7.11 Å². The lowest BCUT2D eigenvalue weighted by atomic mass is 10.2. The summed E-state index contributed by atoms with van der Waals surface area (Å²) in [5, 5.41) is 0. The lowest BCUT2D eigenvalue weighted by molar-refractivity contribution is -0.163. The van der Waals surface area contributed by atoms with Gasteiger partial charge in [-0.2, -0.15) is 0 Å². The largest absolute Gasteiger partial charge is 0.467 e. The Morgan fingerprint density at radius 2 is 1.69 bits per heavy atom. The second-order valence-electron chi connectivity index (χ2n) is 3.53. The topological polar surface area (TPSA) is 78.6 Å². The van der Waals surface area contributed by atoms with Crippen molar-refractivity contribution in [1.82, 2.24) is 0 Å². The molecule has 0 heterocycles. The molecular formula is C8H15NO4. The van der Waals surface area contributed by atoms with Crippen LogP contribution in [0.1, 0.15) is 20.8 Å². The number of esters is 2. The minimum Gasteiger partial charge on any atom is -0.467 e. The van der Waals surface area contributed by atoms with E-state index in [1.807, 2.05) is 0 Å². The van der Waals surface area contributed by atoms with Crippen LogP contribution in [-0.2, 0) is 19.1 Å². The van der Waals surface area contributed by atoms with Gasteiger partial charge in [0.1, 0.15) is 5.60 Å². The first-order chi connectivity index (χ1) is 5.78. The van der Waals surface area contributed by atoms with Crippen LogP contribution in [0.25, 0.3) is 0 Å². The molecule has 0 aliphatic rings. The molecule has 1 unspecified atom stereocenters. The van der Waals surface area contributed by atoms with Crippen molar-refractivity contribution < 1.29 is 19.1 Å². The van der Waals surface area contributed by atoms with E-state index >= 15 is 0 Å². The van der Waals surface area contributed by atoms with Gasteiger partial charge in [-0.15, -0.1) is 0 Å². The van der Waals surface area contributed by atoms with E-state index < -0.39 is 23.6 Å². The quantitative estimate of drug-likeness (QED) is 0.482. The van der Waals surface area contributed by atoms with Gasteiger partial charge >= 0.3 is 11.9 Å². The molecule has 0 saturated heterocycles. The number of hydrogen-bond donors (Lipinski definition) is 1. The van der Waals surface area contributed by atoms with E-state index in [9.17, 15) is 9.59 Å². The second-order valence-corrected chi connectivity index (χ2v) is 3.53. The first-order valence-corrected chi connectivity index (χ1v) is 3.84. The molecule has 1 atom stereocenters. The zero-order valence-corrected chi connectivity index (χ0v) is 8.29. The summed E-state index contributed by atoms with van der Waals surface area (Å²) >= 11 is 0. The zero-order valence-electron chi connectivity index (χ0n) is 8.29. The van der Waals surface area contributed by atoms with Crippen molar-refractivity contribution in [3.63, 3.8) is 0 Å². The molecule has 5 nitrogen and oxygen atoms in total. The summed E-state index contributed by atoms with van der Waals surface area (Å²) in [6.45, 7) is 5.07. The average Bonchev–Trinajstić information content (AvgIpc) is 1.98. The fourth-order valence-corrected chi connectivity index (χ4v) is 0.588. The third-order valence-corrected chi connectivity index (χ3v) is 1.12. The fourth-order valence-electron chi connectivity index (χ4n) is 0.588. The molecule has 76 valence electrons. The monoisotopic (exact) mass is 189 g/mol. The van der Waals surface area contributed by atoms with Crippen LogP contribution in [0.4, 0.5) is 0 Å². The van der Waals surface area contributed by atoms with Gasteiger partial charge in [0, 0.05) is 0 Å². The maximum atomic E-state index is 11.1. The highest BCUT2D eigenvalue weighted by Gasteiger charge is 2.28. The number of carbonyl (C=O) groups excluding carboxylic acids is 2. The van der Waals surface area contributed by atoms with Crippen LogP contribution in [0.3, 0.4) is 0 Å². The highest BCUT2D eigenvalue weighted by Crippen LogP contribution is 2.07. The Bertz CT molecular complexity index is 207. The molecule has 0 amide bonds. The van der Waals surface area contributed by atoms with Gasteiger partial charge in [-0.3, -0.25) is 0 Å². The van der Waals surface area contributed by atoms with Crippen LogP contribution < -0.4 is 5.73 Å². The summed E-state index contributed by atoms with van der Waals surface area (Å²) in [5.74, 6) is -1.58. The smallest absolute Gasteiger partial charge is 0.335 e. The summed E-state index contributed by atoms with van der Waals surface area (Å²) in [6, 6.07) is -1.36. The van der Waals surface area contributed by atoms with Gasteiger partial charge in [0.05, 0.1) is 7.11 Å². The Hall–Kier alpha value is -1.10. The van der Waals surface area contributed by atoms with Gasteiger partial charge in [-0.05, 0) is 20.8 Å². The molecule has 0 fully saturated rings. The maximum Gasteiger partial charge on any atom is 0.335 e. The van der Waals surface area contributed by atoms with Gasteiger partial charge in [0.2, 0.25) is 6.04 Å². The molecule has 0 rings (SSSR count). The molecule has 0 aromatic carbocycles. The van der Waals surface area contributed by atoms with Crippen LogP contribution in [0.5, 0.6) is 0 Å². The van der Waals surface area contributed by atoms with E-state index in [1.54, 1.807) is 20.8 Å². The number of ether oxygens (including phenoxy) is 2. The van der Waals surface area contributed by atoms with Crippen molar-refractivity contribution in [2.45, 2.75) is 32.4 Å². The lowest BCUT2D eigenvalue weighted by Gasteiger charge is -2.21. The van der Waals surface area contributed by atoms with Crippen LogP contribution in [0, 0.1) is 0 Å². The zero-order chi connectivity index (χ0) is 10.6. The number of rotatable bonds is 2. The van der Waals surface area contributed by atoms with Gasteiger partial charge in [-0.25, -0.2) is 9.59 Å². The predicted octanol–water partition coefficient (Wildman–Crippen LogP) is -0.172. The Balaban J connectivity index is 4.20. The van der Waals surface area contributed by atoms with E-state index in [1.165, 1.54) is 0 Å². The predicted molar refractivity (Wildman–Crippen MR) is 45.8 cm³/mol. The molecule has 0 aromatic rings. The third-order valence-electron chi connectivity index (χ3n) is 1.12. The van der Waals surface area contributed by atoms with Crippen molar-refractivity contribution in [2.75, 3.05) is 7.11 Å². The fraction of sp³-hybridized carbons (Fsp3) is 0.750. The van der Waals surface area contributed by atoms with Gasteiger partial charge < -0.3 is 15.2 Å². The average molecular weight is 189 g/mol. The molecule has 0 aliphatic carbocycles. The second kappa shape index (κ2) is 4.23. The Morgan fingerprint density at radius 1 is 1.23 bits per heavy atom. The Labute approximate surface area is 77.2 Å². The molecule has 13 heavy (non-hydrogen) atoms. The van der Waals surface area contributed by atoms with Gasteiger partial charge in [0.25, 0.3) is 0 Å². The van der Waals surface area contributed by atoms with E-state index in [2.05, 4.69) is 4.74 Å². The Kier molecular flexibility index (Phi) is 3.87. The number of carbonyl (C=O) groups is 2. The van der Waals surface area contributed by atoms with Crippen molar-refractivity contribution in [1.29, 1.82) is 0 Å². The highest BCUT2D eigenvalue weighted by atomic mass is 16.6. The first kappa shape index (κ1) is 11.9. The third kappa shape index (κ3) is 4.47. The van der Waals surface area contributed by atoms with Crippen molar-refractivity contribution in [3.05, 3.63) is 0 Å². The minimum atomic E-state index is -1.36. The summed E-state index contributed by atoms with van der Waals surface area (Å²) < 4.78 is 9.14. The Morgan fingerprint density at radius 3 is 2.00 bits per heavy atom. The number of methoxy groups -OCH3 is 1. The molecule has 5 heteroatoms. The summed E-state index contributed by atoms with van der Waals surface area (Å²) in [5.41, 5.74) is 4.58. The number of hydrogen-bond acceptors (Lipinski definition) is 5. The van der Waals surface area contributed by atoms with E-state index in [-0.39, 0.29) is 0 Å². The maximum absolute atomic E-state index is 11.1. The summed E-state index contributed by atoms with van der Waals surface area (Å²) in [4.78, 5) is 21.9. The lowest BCUT2D eigenvalue weighted by Crippen LogP contribution is -2.43. The standard InChI is InChI=1S/C8H15NO4/c1-8(2,3)13-7(11)5(9)6(10)12-4/h5H,9H2,1-4H3. The van der Waals surface area contributed by atoms with Crippen LogP contribution in [0.15, 0.2) is 0 Å². The van der Waals surface area contributed by atoms with E-state index in [4.69, 9.17) is 10.5 Å².